The topological polar surface area (TPSA) is 70.5 Å². The van der Waals surface area contributed by atoms with Crippen molar-refractivity contribution < 1.29 is 14.7 Å². The molecule has 1 amide bonds. The Morgan fingerprint density at radius 3 is 2.37 bits per heavy atom. The summed E-state index contributed by atoms with van der Waals surface area (Å²) in [6.45, 7) is 3.93. The third-order valence-corrected chi connectivity index (χ3v) is 5.83. The number of halogens is 1. The largest absolute Gasteiger partial charge is 0.507 e. The van der Waals surface area contributed by atoms with Gasteiger partial charge in [-0.1, -0.05) is 40.2 Å². The van der Waals surface area contributed by atoms with Crippen molar-refractivity contribution in [3.05, 3.63) is 99.3 Å². The van der Waals surface area contributed by atoms with Crippen LogP contribution in [0.25, 0.3) is 5.76 Å². The van der Waals surface area contributed by atoms with Crippen LogP contribution in [0.5, 0.6) is 0 Å². The summed E-state index contributed by atoms with van der Waals surface area (Å²) in [5.74, 6) is -1.64. The van der Waals surface area contributed by atoms with Gasteiger partial charge >= 0.3 is 0 Å². The number of aliphatic hydroxyl groups is 1. The molecule has 6 heteroatoms. The molecule has 2 aromatic carbocycles. The van der Waals surface area contributed by atoms with E-state index in [1.54, 1.807) is 48.7 Å². The van der Waals surface area contributed by atoms with Gasteiger partial charge in [-0.25, -0.2) is 0 Å². The second-order valence-electron chi connectivity index (χ2n) is 7.20. The fraction of sp³-hybridized carbons (Fsp3) is 0.125. The van der Waals surface area contributed by atoms with E-state index in [2.05, 4.69) is 20.9 Å². The second-order valence-corrected chi connectivity index (χ2v) is 8.11. The van der Waals surface area contributed by atoms with Crippen LogP contribution >= 0.6 is 15.9 Å². The Bertz CT molecular complexity index is 1170. The minimum absolute atomic E-state index is 0.0271. The Balaban J connectivity index is 1.94. The van der Waals surface area contributed by atoms with Crippen molar-refractivity contribution in [3.8, 4) is 0 Å². The highest BCUT2D eigenvalue weighted by Gasteiger charge is 2.47. The SMILES string of the molecule is Cc1ccc(N2C(=O)C(=O)/C(=C(/O)c3ccc(Br)cc3)C2c2ccccn2)cc1C. The van der Waals surface area contributed by atoms with Crippen molar-refractivity contribution in [1.82, 2.24) is 4.98 Å². The van der Waals surface area contributed by atoms with Crippen LogP contribution < -0.4 is 4.90 Å². The van der Waals surface area contributed by atoms with Gasteiger partial charge in [0.05, 0.1) is 11.3 Å². The molecule has 1 N–H and O–H groups in total. The Labute approximate surface area is 182 Å². The number of aryl methyl sites for hydroxylation is 2. The molecule has 1 fully saturated rings. The predicted molar refractivity (Wildman–Crippen MR) is 119 cm³/mol. The lowest BCUT2D eigenvalue weighted by Crippen LogP contribution is -2.29. The molecule has 1 saturated heterocycles. The van der Waals surface area contributed by atoms with E-state index in [1.807, 2.05) is 32.0 Å². The highest BCUT2D eigenvalue weighted by atomic mass is 79.9. The van der Waals surface area contributed by atoms with Crippen molar-refractivity contribution in [2.24, 2.45) is 0 Å². The van der Waals surface area contributed by atoms with E-state index in [4.69, 9.17) is 0 Å². The zero-order valence-electron chi connectivity index (χ0n) is 16.5. The molecule has 30 heavy (non-hydrogen) atoms. The van der Waals surface area contributed by atoms with Crippen LogP contribution in [0.1, 0.15) is 28.4 Å². The molecule has 1 unspecified atom stereocenters. The Morgan fingerprint density at radius 2 is 1.73 bits per heavy atom. The summed E-state index contributed by atoms with van der Waals surface area (Å²) in [6.07, 6.45) is 1.61. The standard InChI is InChI=1S/C24H19BrN2O3/c1-14-6-11-18(13-15(14)2)27-21(19-5-3-4-12-26-19)20(23(29)24(27)30)22(28)16-7-9-17(25)10-8-16/h3-13,21,28H,1-2H3/b22-20+. The van der Waals surface area contributed by atoms with Crippen LogP contribution in [0, 0.1) is 13.8 Å². The van der Waals surface area contributed by atoms with Gasteiger partial charge in [0, 0.05) is 21.9 Å². The summed E-state index contributed by atoms with van der Waals surface area (Å²) >= 11 is 3.36. The number of nitrogens with zero attached hydrogens (tertiary/aromatic N) is 2. The smallest absolute Gasteiger partial charge is 0.300 e. The molecule has 5 nitrogen and oxygen atoms in total. The molecule has 1 aromatic heterocycles. The lowest BCUT2D eigenvalue weighted by molar-refractivity contribution is -0.132. The fourth-order valence-corrected chi connectivity index (χ4v) is 3.82. The Kier molecular flexibility index (Phi) is 5.26. The number of Topliss-reactive ketones (excluding diaryl/α,β-unsaturated/α-hetero) is 1. The summed E-state index contributed by atoms with van der Waals surface area (Å²) < 4.78 is 0.843. The molecule has 0 spiro atoms. The summed E-state index contributed by atoms with van der Waals surface area (Å²) in [6, 6.07) is 17.0. The van der Waals surface area contributed by atoms with Crippen molar-refractivity contribution >= 4 is 39.1 Å². The summed E-state index contributed by atoms with van der Waals surface area (Å²) in [7, 11) is 0. The average molecular weight is 463 g/mol. The predicted octanol–water partition coefficient (Wildman–Crippen LogP) is 5.09. The van der Waals surface area contributed by atoms with Gasteiger partial charge in [-0.2, -0.15) is 0 Å². The fourth-order valence-electron chi connectivity index (χ4n) is 3.56. The van der Waals surface area contributed by atoms with E-state index >= 15 is 0 Å². The van der Waals surface area contributed by atoms with Gasteiger partial charge in [-0.3, -0.25) is 19.5 Å². The number of anilines is 1. The third kappa shape index (κ3) is 3.44. The van der Waals surface area contributed by atoms with Gasteiger partial charge < -0.3 is 5.11 Å². The van der Waals surface area contributed by atoms with E-state index < -0.39 is 17.7 Å². The molecule has 2 heterocycles. The number of aliphatic hydroxyl groups excluding tert-OH is 1. The van der Waals surface area contributed by atoms with Crippen LogP contribution in [-0.4, -0.2) is 21.8 Å². The average Bonchev–Trinajstić information content (AvgIpc) is 3.01. The molecule has 150 valence electrons. The van der Waals surface area contributed by atoms with E-state index in [-0.39, 0.29) is 11.3 Å². The van der Waals surface area contributed by atoms with Gasteiger partial charge in [0.15, 0.2) is 0 Å². The van der Waals surface area contributed by atoms with Crippen LogP contribution in [0.15, 0.2) is 76.9 Å². The lowest BCUT2D eigenvalue weighted by Gasteiger charge is -2.25. The van der Waals surface area contributed by atoms with Gasteiger partial charge in [-0.15, -0.1) is 0 Å². The number of benzene rings is 2. The van der Waals surface area contributed by atoms with Crippen molar-refractivity contribution in [3.63, 3.8) is 0 Å². The zero-order chi connectivity index (χ0) is 21.4. The highest BCUT2D eigenvalue weighted by molar-refractivity contribution is 9.10. The maximum atomic E-state index is 13.1. The number of carbonyl (C=O) groups excluding carboxylic acids is 2. The van der Waals surface area contributed by atoms with E-state index in [0.717, 1.165) is 15.6 Å². The van der Waals surface area contributed by atoms with Crippen molar-refractivity contribution in [2.75, 3.05) is 4.90 Å². The number of ketones is 1. The molecule has 1 aliphatic heterocycles. The zero-order valence-corrected chi connectivity index (χ0v) is 18.1. The van der Waals surface area contributed by atoms with Crippen LogP contribution in [0.4, 0.5) is 5.69 Å². The second kappa shape index (κ2) is 7.88. The van der Waals surface area contributed by atoms with Crippen molar-refractivity contribution in [2.45, 2.75) is 19.9 Å². The number of carbonyl (C=O) groups is 2. The molecule has 1 atom stereocenters. The molecule has 0 bridgehead atoms. The van der Waals surface area contributed by atoms with Gasteiger partial charge in [0.25, 0.3) is 11.7 Å². The van der Waals surface area contributed by atoms with Crippen LogP contribution in [-0.2, 0) is 9.59 Å². The minimum Gasteiger partial charge on any atom is -0.507 e. The quantitative estimate of drug-likeness (QED) is 0.334. The lowest BCUT2D eigenvalue weighted by atomic mass is 9.98. The van der Waals surface area contributed by atoms with Gasteiger partial charge in [0.2, 0.25) is 0 Å². The molecule has 0 aliphatic carbocycles. The normalized spacial score (nSPS) is 18.1. The molecular formula is C24H19BrN2O3. The molecule has 4 rings (SSSR count). The number of hydrogen-bond donors (Lipinski definition) is 1. The number of aromatic nitrogens is 1. The molecule has 0 radical (unpaired) electrons. The maximum absolute atomic E-state index is 13.1. The van der Waals surface area contributed by atoms with Crippen LogP contribution in [0.2, 0.25) is 0 Å². The van der Waals surface area contributed by atoms with Gasteiger partial charge in [0.1, 0.15) is 11.8 Å². The molecule has 0 saturated carbocycles. The van der Waals surface area contributed by atoms with Crippen LogP contribution in [0.3, 0.4) is 0 Å². The maximum Gasteiger partial charge on any atom is 0.300 e. The monoisotopic (exact) mass is 462 g/mol. The summed E-state index contributed by atoms with van der Waals surface area (Å²) in [5.41, 5.74) is 3.66. The highest BCUT2D eigenvalue weighted by Crippen LogP contribution is 2.41. The van der Waals surface area contributed by atoms with E-state index in [1.165, 1.54) is 4.90 Å². The van der Waals surface area contributed by atoms with E-state index in [0.29, 0.717) is 16.9 Å². The Morgan fingerprint density at radius 1 is 1.00 bits per heavy atom. The summed E-state index contributed by atoms with van der Waals surface area (Å²) in [5, 5.41) is 11.0. The molecular weight excluding hydrogens is 444 g/mol. The molecule has 1 aliphatic rings. The van der Waals surface area contributed by atoms with E-state index in [9.17, 15) is 14.7 Å². The number of rotatable bonds is 3. The third-order valence-electron chi connectivity index (χ3n) is 5.30. The first-order valence-corrected chi connectivity index (χ1v) is 10.2. The van der Waals surface area contributed by atoms with Crippen molar-refractivity contribution in [1.29, 1.82) is 0 Å². The molecule has 3 aromatic rings. The first kappa shape index (κ1) is 20.0. The first-order chi connectivity index (χ1) is 14.4. The summed E-state index contributed by atoms with van der Waals surface area (Å²) in [4.78, 5) is 31.9. The number of pyridine rings is 1. The Hall–Kier alpha value is -3.25. The minimum atomic E-state index is -0.822. The van der Waals surface area contributed by atoms with Gasteiger partial charge in [-0.05, 0) is 61.4 Å². The number of hydrogen-bond acceptors (Lipinski definition) is 4. The number of amides is 1. The first-order valence-electron chi connectivity index (χ1n) is 9.43.